The van der Waals surface area contributed by atoms with Gasteiger partial charge < -0.3 is 16.5 Å². The fraction of sp³-hybridized carbons (Fsp3) is 0. The number of aromatic nitrogens is 2. The summed E-state index contributed by atoms with van der Waals surface area (Å²) in [6.45, 7) is 0. The van der Waals surface area contributed by atoms with Gasteiger partial charge in [-0.05, 0) is 6.07 Å². The van der Waals surface area contributed by atoms with E-state index in [0.717, 1.165) is 11.0 Å². The summed E-state index contributed by atoms with van der Waals surface area (Å²) in [5.41, 5.74) is 14.1. The number of hydrogen-bond acceptors (Lipinski definition) is 3. The topological polar surface area (TPSA) is 80.7 Å². The van der Waals surface area contributed by atoms with E-state index in [1.807, 2.05) is 0 Å². The first-order chi connectivity index (χ1) is 5.29. The fourth-order valence-corrected chi connectivity index (χ4v) is 1.07. The van der Waals surface area contributed by atoms with Gasteiger partial charge in [0, 0.05) is 12.4 Å². The van der Waals surface area contributed by atoms with Gasteiger partial charge in [0.1, 0.15) is 5.52 Å². The van der Waals surface area contributed by atoms with Crippen molar-refractivity contribution in [3.63, 3.8) is 0 Å². The number of fused-ring (bicyclic) bond motifs is 1. The zero-order valence-electron chi connectivity index (χ0n) is 5.83. The van der Waals surface area contributed by atoms with E-state index >= 15 is 0 Å². The van der Waals surface area contributed by atoms with Crippen molar-refractivity contribution < 1.29 is 0 Å². The minimum absolute atomic E-state index is 0.632. The zero-order valence-corrected chi connectivity index (χ0v) is 5.83. The van der Waals surface area contributed by atoms with E-state index in [2.05, 4.69) is 9.97 Å². The summed E-state index contributed by atoms with van der Waals surface area (Å²) in [6.07, 6.45) is 3.33. The van der Waals surface area contributed by atoms with Crippen molar-refractivity contribution >= 4 is 22.4 Å². The molecule has 5 N–H and O–H groups in total. The van der Waals surface area contributed by atoms with Crippen LogP contribution in [0.1, 0.15) is 0 Å². The Labute approximate surface area is 63.2 Å². The van der Waals surface area contributed by atoms with Crippen molar-refractivity contribution in [2.24, 2.45) is 0 Å². The van der Waals surface area contributed by atoms with Crippen molar-refractivity contribution in [2.75, 3.05) is 11.5 Å². The summed E-state index contributed by atoms with van der Waals surface area (Å²) in [5.74, 6) is 0. The van der Waals surface area contributed by atoms with E-state index in [0.29, 0.717) is 11.4 Å². The van der Waals surface area contributed by atoms with E-state index in [1.165, 1.54) is 0 Å². The maximum atomic E-state index is 5.64. The van der Waals surface area contributed by atoms with Crippen molar-refractivity contribution in [3.8, 4) is 0 Å². The second-order valence-electron chi connectivity index (χ2n) is 2.37. The van der Waals surface area contributed by atoms with Crippen LogP contribution >= 0.6 is 0 Å². The second kappa shape index (κ2) is 1.88. The number of anilines is 2. The molecule has 4 heteroatoms. The Kier molecular flexibility index (Phi) is 1.03. The van der Waals surface area contributed by atoms with Crippen LogP contribution in [0.3, 0.4) is 0 Å². The normalized spacial score (nSPS) is 10.5. The van der Waals surface area contributed by atoms with E-state index in [4.69, 9.17) is 11.5 Å². The van der Waals surface area contributed by atoms with Gasteiger partial charge in [-0.15, -0.1) is 0 Å². The lowest BCUT2D eigenvalue weighted by atomic mass is 10.3. The Hall–Kier alpha value is -1.71. The maximum absolute atomic E-state index is 5.64. The Balaban J connectivity index is 2.94. The molecule has 4 nitrogen and oxygen atoms in total. The molecular weight excluding hydrogens is 140 g/mol. The minimum Gasteiger partial charge on any atom is -0.397 e. The van der Waals surface area contributed by atoms with Crippen LogP contribution in [-0.2, 0) is 0 Å². The van der Waals surface area contributed by atoms with Crippen molar-refractivity contribution in [3.05, 3.63) is 18.5 Å². The molecular formula is C7H8N4. The minimum atomic E-state index is 0.632. The predicted octanol–water partition coefficient (Wildman–Crippen LogP) is 0.727. The summed E-state index contributed by atoms with van der Waals surface area (Å²) in [4.78, 5) is 7.01. The van der Waals surface area contributed by atoms with Crippen LogP contribution in [0.15, 0.2) is 18.5 Å². The van der Waals surface area contributed by atoms with Gasteiger partial charge in [-0.2, -0.15) is 0 Å². The molecule has 0 aliphatic carbocycles. The van der Waals surface area contributed by atoms with Crippen molar-refractivity contribution in [1.82, 2.24) is 9.97 Å². The van der Waals surface area contributed by atoms with Crippen LogP contribution in [0, 0.1) is 0 Å². The number of pyridine rings is 1. The maximum Gasteiger partial charge on any atom is 0.113 e. The lowest BCUT2D eigenvalue weighted by Gasteiger charge is -1.93. The number of rotatable bonds is 0. The fourth-order valence-electron chi connectivity index (χ4n) is 1.07. The highest BCUT2D eigenvalue weighted by Gasteiger charge is 2.02. The average molecular weight is 148 g/mol. The molecule has 0 spiro atoms. The van der Waals surface area contributed by atoms with Gasteiger partial charge in [0.2, 0.25) is 0 Å². The summed E-state index contributed by atoms with van der Waals surface area (Å²) in [7, 11) is 0. The van der Waals surface area contributed by atoms with Crippen LogP contribution in [0.25, 0.3) is 11.0 Å². The van der Waals surface area contributed by atoms with Gasteiger partial charge in [-0.3, -0.25) is 4.98 Å². The number of nitrogens with one attached hydrogen (secondary N) is 1. The molecule has 0 saturated carbocycles. The van der Waals surface area contributed by atoms with Gasteiger partial charge >= 0.3 is 0 Å². The third-order valence-electron chi connectivity index (χ3n) is 1.63. The highest BCUT2D eigenvalue weighted by atomic mass is 14.8. The Bertz CT molecular complexity index is 390. The molecule has 0 saturated heterocycles. The highest BCUT2D eigenvalue weighted by Crippen LogP contribution is 2.21. The molecule has 2 heterocycles. The van der Waals surface area contributed by atoms with E-state index in [-0.39, 0.29) is 0 Å². The van der Waals surface area contributed by atoms with Gasteiger partial charge in [0.05, 0.1) is 16.9 Å². The summed E-state index contributed by atoms with van der Waals surface area (Å²) >= 11 is 0. The number of H-pyrrole nitrogens is 1. The van der Waals surface area contributed by atoms with Crippen LogP contribution in [-0.4, -0.2) is 9.97 Å². The Morgan fingerprint density at radius 3 is 2.82 bits per heavy atom. The summed E-state index contributed by atoms with van der Waals surface area (Å²) in [6, 6.07) is 1.73. The third-order valence-corrected chi connectivity index (χ3v) is 1.63. The van der Waals surface area contributed by atoms with Gasteiger partial charge in [0.25, 0.3) is 0 Å². The third kappa shape index (κ3) is 0.724. The molecule has 0 aliphatic rings. The van der Waals surface area contributed by atoms with E-state index in [9.17, 15) is 0 Å². The van der Waals surface area contributed by atoms with Gasteiger partial charge in [-0.1, -0.05) is 0 Å². The van der Waals surface area contributed by atoms with Gasteiger partial charge in [-0.25, -0.2) is 0 Å². The molecule has 2 rings (SSSR count). The molecule has 56 valence electrons. The molecule has 0 atom stereocenters. The lowest BCUT2D eigenvalue weighted by Crippen LogP contribution is -1.88. The SMILES string of the molecule is Nc1c[nH]c2c(N)ccnc12. The molecule has 2 aromatic rings. The number of nitrogens with zero attached hydrogens (tertiary/aromatic N) is 1. The molecule has 0 aliphatic heterocycles. The molecule has 0 amide bonds. The number of hydrogen-bond donors (Lipinski definition) is 3. The largest absolute Gasteiger partial charge is 0.397 e. The molecule has 0 fully saturated rings. The average Bonchev–Trinajstić information content (AvgIpc) is 2.35. The molecule has 0 bridgehead atoms. The van der Waals surface area contributed by atoms with Gasteiger partial charge in [0.15, 0.2) is 0 Å². The monoisotopic (exact) mass is 148 g/mol. The lowest BCUT2D eigenvalue weighted by molar-refractivity contribution is 1.41. The number of nitrogen functional groups attached to an aromatic ring is 2. The summed E-state index contributed by atoms with van der Waals surface area (Å²) in [5, 5.41) is 0. The van der Waals surface area contributed by atoms with Crippen LogP contribution in [0.4, 0.5) is 11.4 Å². The molecule has 0 unspecified atom stereocenters. The second-order valence-corrected chi connectivity index (χ2v) is 2.37. The Morgan fingerprint density at radius 2 is 2.09 bits per heavy atom. The van der Waals surface area contributed by atoms with E-state index in [1.54, 1.807) is 18.5 Å². The van der Waals surface area contributed by atoms with Crippen LogP contribution in [0.5, 0.6) is 0 Å². The Morgan fingerprint density at radius 1 is 1.27 bits per heavy atom. The quantitative estimate of drug-likeness (QED) is 0.515. The van der Waals surface area contributed by atoms with Crippen molar-refractivity contribution in [2.45, 2.75) is 0 Å². The first-order valence-electron chi connectivity index (χ1n) is 3.26. The highest BCUT2D eigenvalue weighted by molar-refractivity contribution is 5.94. The standard InChI is InChI=1S/C7H8N4/c8-4-1-2-10-7-5(9)3-11-6(4)7/h1-3,11H,9H2,(H2,8,10). The molecule has 2 aromatic heterocycles. The molecule has 0 radical (unpaired) electrons. The molecule has 11 heavy (non-hydrogen) atoms. The smallest absolute Gasteiger partial charge is 0.113 e. The zero-order chi connectivity index (χ0) is 7.84. The molecule has 0 aromatic carbocycles. The van der Waals surface area contributed by atoms with Crippen LogP contribution in [0.2, 0.25) is 0 Å². The van der Waals surface area contributed by atoms with Crippen molar-refractivity contribution in [1.29, 1.82) is 0 Å². The van der Waals surface area contributed by atoms with Crippen LogP contribution < -0.4 is 11.5 Å². The van der Waals surface area contributed by atoms with E-state index < -0.39 is 0 Å². The predicted molar refractivity (Wildman–Crippen MR) is 44.9 cm³/mol. The first-order valence-corrected chi connectivity index (χ1v) is 3.26. The number of aromatic amines is 1. The first kappa shape index (κ1) is 6.03. The summed E-state index contributed by atoms with van der Waals surface area (Å²) < 4.78 is 0. The number of nitrogens with two attached hydrogens (primary N) is 2.